The minimum Gasteiger partial charge on any atom is -0.398 e. The predicted molar refractivity (Wildman–Crippen MR) is 192 cm³/mol. The smallest absolute Gasteiger partial charge is 0.286 e. The summed E-state index contributed by atoms with van der Waals surface area (Å²) in [5.74, 6) is -2.65. The van der Waals surface area contributed by atoms with E-state index in [1.165, 1.54) is 30.2 Å². The number of nitrogens with zero attached hydrogens (tertiary/aromatic N) is 6. The molecule has 5 N–H and O–H groups in total. The van der Waals surface area contributed by atoms with E-state index in [0.29, 0.717) is 73.9 Å². The molecule has 13 heteroatoms. The molecule has 0 saturated carbocycles. The standard InChI is InChI=1S/C37H41F2N9O2/c1-36(38,39)31-10-7-27(20-44-31)33(41)29-19-28(8-9-30(29)40)48-18-14-37(35(48)50)13-17-46(22-37)21-32(49)47-15-11-25(12-16-47)24-3-5-26(6-4-24)34(42)45-23-43-2/h3-11,19-20,23,41H,12-18,21-22,40H2,1-2H3,(H2,42,43,45)/t37-/m0/s1. The fourth-order valence-electron chi connectivity index (χ4n) is 6.92. The second-order valence-electron chi connectivity index (χ2n) is 13.2. The first-order valence-electron chi connectivity index (χ1n) is 16.6. The Bertz CT molecular complexity index is 1880. The van der Waals surface area contributed by atoms with E-state index in [1.54, 1.807) is 30.1 Å². The number of nitrogen functional groups attached to an aromatic ring is 1. The number of nitrogens with two attached hydrogens (primary N) is 2. The Morgan fingerprint density at radius 1 is 1.08 bits per heavy atom. The Labute approximate surface area is 289 Å². The third-order valence-corrected chi connectivity index (χ3v) is 9.85. The van der Waals surface area contributed by atoms with Crippen LogP contribution in [0.3, 0.4) is 0 Å². The van der Waals surface area contributed by atoms with Crippen LogP contribution in [0.5, 0.6) is 0 Å². The number of amides is 2. The molecule has 2 saturated heterocycles. The van der Waals surface area contributed by atoms with Gasteiger partial charge in [0.1, 0.15) is 17.9 Å². The number of pyridine rings is 1. The minimum absolute atomic E-state index is 0.00557. The summed E-state index contributed by atoms with van der Waals surface area (Å²) in [7, 11) is 1.63. The highest BCUT2D eigenvalue weighted by molar-refractivity contribution is 6.14. The molecule has 2 aromatic carbocycles. The second kappa shape index (κ2) is 13.9. The number of aromatic nitrogens is 1. The fourth-order valence-corrected chi connectivity index (χ4v) is 6.92. The zero-order valence-corrected chi connectivity index (χ0v) is 28.2. The van der Waals surface area contributed by atoms with Gasteiger partial charge in [-0.15, -0.1) is 0 Å². The summed E-state index contributed by atoms with van der Waals surface area (Å²) in [5, 5.41) is 8.72. The molecule has 50 heavy (non-hydrogen) atoms. The number of carbonyl (C=O) groups is 2. The number of nitrogens with one attached hydrogen (secondary N) is 1. The van der Waals surface area contributed by atoms with Gasteiger partial charge in [-0.3, -0.25) is 29.9 Å². The first kappa shape index (κ1) is 34.6. The van der Waals surface area contributed by atoms with Gasteiger partial charge in [0.25, 0.3) is 5.92 Å². The number of halogens is 2. The summed E-state index contributed by atoms with van der Waals surface area (Å²) in [6.07, 6.45) is 6.80. The number of aliphatic imine (C=N–C) groups is 2. The molecular weight excluding hydrogens is 640 g/mol. The summed E-state index contributed by atoms with van der Waals surface area (Å²) >= 11 is 0. The van der Waals surface area contributed by atoms with Crippen molar-refractivity contribution in [2.75, 3.05) is 56.9 Å². The van der Waals surface area contributed by atoms with Crippen LogP contribution in [-0.4, -0.2) is 90.8 Å². The molecule has 1 spiro atoms. The largest absolute Gasteiger partial charge is 0.398 e. The summed E-state index contributed by atoms with van der Waals surface area (Å²) in [5.41, 5.74) is 16.1. The Hall–Kier alpha value is -5.30. The van der Waals surface area contributed by atoms with Gasteiger partial charge in [0, 0.05) is 74.4 Å². The molecule has 3 aromatic rings. The van der Waals surface area contributed by atoms with E-state index in [2.05, 4.69) is 25.9 Å². The van der Waals surface area contributed by atoms with Gasteiger partial charge in [-0.25, -0.2) is 4.99 Å². The molecule has 0 aliphatic carbocycles. The van der Waals surface area contributed by atoms with Crippen LogP contribution in [0.2, 0.25) is 0 Å². The molecule has 0 bridgehead atoms. The maximum absolute atomic E-state index is 13.9. The van der Waals surface area contributed by atoms with Crippen LogP contribution >= 0.6 is 0 Å². The Balaban J connectivity index is 1.06. The summed E-state index contributed by atoms with van der Waals surface area (Å²) in [4.78, 5) is 44.7. The lowest BCUT2D eigenvalue weighted by molar-refractivity contribution is -0.132. The molecule has 11 nitrogen and oxygen atoms in total. The van der Waals surface area contributed by atoms with Gasteiger partial charge >= 0.3 is 0 Å². The SMILES string of the molecule is CN=CN=C(N)c1ccc(C2=CCN(C(=O)CN3CC[C@]4(CCN(c5ccc(N)c(C(=N)c6ccc(C(C)(F)F)nc6)c5)C4=O)C3)CC2)cc1. The zero-order valence-electron chi connectivity index (χ0n) is 28.2. The topological polar surface area (TPSA) is 157 Å². The maximum Gasteiger partial charge on any atom is 0.286 e. The van der Waals surface area contributed by atoms with Gasteiger partial charge in [0.15, 0.2) is 0 Å². The van der Waals surface area contributed by atoms with E-state index in [-0.39, 0.29) is 29.8 Å². The van der Waals surface area contributed by atoms with Crippen LogP contribution in [0.4, 0.5) is 20.2 Å². The lowest BCUT2D eigenvalue weighted by Crippen LogP contribution is -2.43. The predicted octanol–water partition coefficient (Wildman–Crippen LogP) is 4.30. The van der Waals surface area contributed by atoms with E-state index >= 15 is 0 Å². The molecule has 260 valence electrons. The molecule has 0 radical (unpaired) electrons. The van der Waals surface area contributed by atoms with E-state index in [9.17, 15) is 18.4 Å². The van der Waals surface area contributed by atoms with Crippen LogP contribution in [0.25, 0.3) is 5.57 Å². The highest BCUT2D eigenvalue weighted by Gasteiger charge is 2.51. The van der Waals surface area contributed by atoms with Crippen molar-refractivity contribution in [3.05, 3.63) is 94.8 Å². The number of benzene rings is 2. The number of anilines is 2. The van der Waals surface area contributed by atoms with Crippen LogP contribution in [0, 0.1) is 10.8 Å². The van der Waals surface area contributed by atoms with Crippen molar-refractivity contribution in [3.8, 4) is 0 Å². The highest BCUT2D eigenvalue weighted by Crippen LogP contribution is 2.43. The van der Waals surface area contributed by atoms with Gasteiger partial charge in [-0.2, -0.15) is 8.78 Å². The van der Waals surface area contributed by atoms with Crippen LogP contribution in [0.1, 0.15) is 54.1 Å². The van der Waals surface area contributed by atoms with Crippen molar-refractivity contribution in [1.82, 2.24) is 14.8 Å². The Kier molecular flexibility index (Phi) is 9.61. The molecule has 6 rings (SSSR count). The van der Waals surface area contributed by atoms with Crippen LogP contribution < -0.4 is 16.4 Å². The zero-order chi connectivity index (χ0) is 35.6. The number of rotatable bonds is 9. The third kappa shape index (κ3) is 7.04. The number of likely N-dealkylation sites (tertiary alicyclic amines) is 1. The number of alkyl halides is 2. The summed E-state index contributed by atoms with van der Waals surface area (Å²) in [6.45, 7) is 3.84. The van der Waals surface area contributed by atoms with Gasteiger partial charge in [0.05, 0.1) is 17.7 Å². The lowest BCUT2D eigenvalue weighted by atomic mass is 9.85. The first-order valence-corrected chi connectivity index (χ1v) is 16.6. The molecule has 2 amide bonds. The monoisotopic (exact) mass is 681 g/mol. The molecule has 3 aliphatic rings. The van der Waals surface area contributed by atoms with E-state index in [1.807, 2.05) is 29.2 Å². The number of carbonyl (C=O) groups excluding carboxylic acids is 2. The Morgan fingerprint density at radius 3 is 2.48 bits per heavy atom. The third-order valence-electron chi connectivity index (χ3n) is 9.85. The van der Waals surface area contributed by atoms with Crippen LogP contribution in [-0.2, 0) is 15.5 Å². The normalized spacial score (nSPS) is 20.3. The highest BCUT2D eigenvalue weighted by atomic mass is 19.3. The minimum atomic E-state index is -3.09. The molecule has 1 aromatic heterocycles. The van der Waals surface area contributed by atoms with Gasteiger partial charge in [0.2, 0.25) is 11.8 Å². The van der Waals surface area contributed by atoms with Crippen molar-refractivity contribution in [2.24, 2.45) is 21.1 Å². The molecule has 1 atom stereocenters. The Morgan fingerprint density at radius 2 is 1.82 bits per heavy atom. The number of amidine groups is 1. The average molecular weight is 682 g/mol. The van der Waals surface area contributed by atoms with E-state index in [4.69, 9.17) is 16.9 Å². The van der Waals surface area contributed by atoms with Crippen LogP contribution in [0.15, 0.2) is 76.9 Å². The molecule has 0 unspecified atom stereocenters. The quantitative estimate of drug-likeness (QED) is 0.174. The van der Waals surface area contributed by atoms with Gasteiger partial charge < -0.3 is 21.3 Å². The van der Waals surface area contributed by atoms with Gasteiger partial charge in [-0.05, 0) is 67.3 Å². The van der Waals surface area contributed by atoms with Crippen molar-refractivity contribution < 1.29 is 18.4 Å². The number of hydrogen-bond donors (Lipinski definition) is 3. The van der Waals surface area contributed by atoms with E-state index < -0.39 is 11.3 Å². The summed E-state index contributed by atoms with van der Waals surface area (Å²) < 4.78 is 27.3. The molecule has 2 fully saturated rings. The van der Waals surface area contributed by atoms with Gasteiger partial charge in [-0.1, -0.05) is 30.3 Å². The summed E-state index contributed by atoms with van der Waals surface area (Å²) in [6, 6.07) is 15.6. The van der Waals surface area contributed by atoms with Crippen molar-refractivity contribution >= 4 is 46.6 Å². The molecule has 3 aliphatic heterocycles. The van der Waals surface area contributed by atoms with Crippen molar-refractivity contribution in [1.29, 1.82) is 5.41 Å². The first-order chi connectivity index (χ1) is 23.9. The molecular formula is C37H41F2N9O2. The van der Waals surface area contributed by atoms with Crippen molar-refractivity contribution in [2.45, 2.75) is 32.1 Å². The average Bonchev–Trinajstić information content (AvgIpc) is 3.68. The lowest BCUT2D eigenvalue weighted by Gasteiger charge is -2.29. The fraction of sp³-hybridized carbons (Fsp3) is 0.351. The second-order valence-corrected chi connectivity index (χ2v) is 13.2. The van der Waals surface area contributed by atoms with E-state index in [0.717, 1.165) is 24.5 Å². The maximum atomic E-state index is 13.9. The van der Waals surface area contributed by atoms with Crippen molar-refractivity contribution in [3.63, 3.8) is 0 Å². The molecule has 4 heterocycles. The number of hydrogen-bond acceptors (Lipinski definition) is 7.